The molecule has 0 aliphatic carbocycles. The van der Waals surface area contributed by atoms with Crippen molar-refractivity contribution in [1.82, 2.24) is 9.78 Å². The summed E-state index contributed by atoms with van der Waals surface area (Å²) in [7, 11) is -3.22. The highest BCUT2D eigenvalue weighted by molar-refractivity contribution is 6.74. The van der Waals surface area contributed by atoms with Gasteiger partial charge in [-0.1, -0.05) is 20.8 Å². The second-order valence-electron chi connectivity index (χ2n) is 5.99. The maximum atomic E-state index is 8.95. The molecule has 0 amide bonds. The van der Waals surface area contributed by atoms with E-state index in [4.69, 9.17) is 14.5 Å². The monoisotopic (exact) mass is 270 g/mol. The molecule has 18 heavy (non-hydrogen) atoms. The maximum absolute atomic E-state index is 8.95. The smallest absolute Gasteiger partial charge is 0.422 e. The van der Waals surface area contributed by atoms with Gasteiger partial charge in [-0.15, -0.1) is 0 Å². The molecule has 7 heteroatoms. The van der Waals surface area contributed by atoms with Crippen LogP contribution in [0.4, 0.5) is 0 Å². The van der Waals surface area contributed by atoms with E-state index < -0.39 is 15.4 Å². The summed E-state index contributed by atoms with van der Waals surface area (Å²) in [6.07, 6.45) is 1.73. The van der Waals surface area contributed by atoms with Crippen molar-refractivity contribution in [2.75, 3.05) is 6.61 Å². The van der Waals surface area contributed by atoms with Gasteiger partial charge in [-0.25, -0.2) is 0 Å². The minimum Gasteiger partial charge on any atom is -0.422 e. The number of aromatic nitrogens is 2. The Labute approximate surface area is 110 Å². The highest BCUT2D eigenvalue weighted by atomic mass is 28.4. The summed E-state index contributed by atoms with van der Waals surface area (Å²) >= 11 is 0. The lowest BCUT2D eigenvalue weighted by atomic mass is 9.87. The summed E-state index contributed by atoms with van der Waals surface area (Å²) in [4.78, 5) is 0. The minimum absolute atomic E-state index is 0.198. The molecule has 2 N–H and O–H groups in total. The lowest BCUT2D eigenvalue weighted by molar-refractivity contribution is 0.266. The zero-order valence-corrected chi connectivity index (χ0v) is 12.8. The van der Waals surface area contributed by atoms with Crippen LogP contribution in [0.2, 0.25) is 18.1 Å². The molecule has 0 fully saturated rings. The Hall–Kier alpha value is -0.628. The largest absolute Gasteiger partial charge is 0.510 e. The summed E-state index contributed by atoms with van der Waals surface area (Å²) in [5, 5.41) is 22.1. The van der Waals surface area contributed by atoms with Crippen molar-refractivity contribution in [2.24, 2.45) is 0 Å². The van der Waals surface area contributed by atoms with Crippen LogP contribution < -0.4 is 5.59 Å². The molecule has 0 atom stereocenters. The molecule has 1 aromatic rings. The van der Waals surface area contributed by atoms with E-state index in [2.05, 4.69) is 39.0 Å². The van der Waals surface area contributed by atoms with E-state index >= 15 is 0 Å². The maximum Gasteiger partial charge on any atom is 0.510 e. The summed E-state index contributed by atoms with van der Waals surface area (Å²) in [6.45, 7) is 12.2. The quantitative estimate of drug-likeness (QED) is 0.768. The molecule has 0 saturated carbocycles. The fourth-order valence-corrected chi connectivity index (χ4v) is 2.29. The Bertz CT molecular complexity index is 388. The summed E-state index contributed by atoms with van der Waals surface area (Å²) in [5.41, 5.74) is 0.266. The van der Waals surface area contributed by atoms with Gasteiger partial charge in [0.25, 0.3) is 0 Å². The van der Waals surface area contributed by atoms with Crippen molar-refractivity contribution in [3.8, 4) is 0 Å². The molecule has 0 aliphatic rings. The average Bonchev–Trinajstić information content (AvgIpc) is 2.64. The van der Waals surface area contributed by atoms with Gasteiger partial charge in [0.15, 0.2) is 8.32 Å². The van der Waals surface area contributed by atoms with Gasteiger partial charge in [0, 0.05) is 6.20 Å². The Morgan fingerprint density at radius 2 is 2.00 bits per heavy atom. The fraction of sp³-hybridized carbons (Fsp3) is 0.727. The molecule has 5 nitrogen and oxygen atoms in total. The molecule has 0 aromatic carbocycles. The molecule has 102 valence electrons. The van der Waals surface area contributed by atoms with Crippen molar-refractivity contribution in [3.63, 3.8) is 0 Å². The van der Waals surface area contributed by atoms with Crippen LogP contribution in [0.25, 0.3) is 0 Å². The standard InChI is InChI=1S/C11H23BN2O3Si/c1-11(2,3)18(4,5)17-9-8-14-7-6-10(13-14)12(15)16/h6-7,15-16H,8-9H2,1-5H3. The second kappa shape index (κ2) is 5.56. The van der Waals surface area contributed by atoms with Gasteiger partial charge >= 0.3 is 7.12 Å². The first-order valence-electron chi connectivity index (χ1n) is 6.17. The summed E-state index contributed by atoms with van der Waals surface area (Å²) < 4.78 is 7.69. The molecule has 0 spiro atoms. The van der Waals surface area contributed by atoms with E-state index in [1.54, 1.807) is 16.9 Å². The zero-order valence-electron chi connectivity index (χ0n) is 11.8. The summed E-state index contributed by atoms with van der Waals surface area (Å²) in [6, 6.07) is 1.59. The number of hydrogen-bond acceptors (Lipinski definition) is 4. The van der Waals surface area contributed by atoms with Gasteiger partial charge < -0.3 is 14.5 Å². The predicted molar refractivity (Wildman–Crippen MR) is 75.2 cm³/mol. The normalized spacial score (nSPS) is 12.8. The van der Waals surface area contributed by atoms with Gasteiger partial charge in [-0.05, 0) is 24.2 Å². The SMILES string of the molecule is CC(C)(C)[Si](C)(C)OCCn1ccc(B(O)O)n1. The molecule has 0 radical (unpaired) electrons. The van der Waals surface area contributed by atoms with E-state index in [0.717, 1.165) is 0 Å². The Morgan fingerprint density at radius 1 is 1.39 bits per heavy atom. The first-order chi connectivity index (χ1) is 8.13. The van der Waals surface area contributed by atoms with Crippen LogP contribution in [-0.4, -0.2) is 41.9 Å². The van der Waals surface area contributed by atoms with Gasteiger partial charge in [-0.3, -0.25) is 4.68 Å². The van der Waals surface area contributed by atoms with Crippen LogP contribution in [-0.2, 0) is 11.0 Å². The molecule has 0 unspecified atom stereocenters. The van der Waals surface area contributed by atoms with Crippen molar-refractivity contribution in [2.45, 2.75) is 45.4 Å². The Kier molecular flexibility index (Phi) is 4.77. The Balaban J connectivity index is 2.46. The highest BCUT2D eigenvalue weighted by Crippen LogP contribution is 2.36. The van der Waals surface area contributed by atoms with E-state index in [0.29, 0.717) is 13.2 Å². The van der Waals surface area contributed by atoms with Gasteiger partial charge in [0.1, 0.15) is 0 Å². The summed E-state index contributed by atoms with van der Waals surface area (Å²) in [5.74, 6) is 0. The van der Waals surface area contributed by atoms with E-state index in [9.17, 15) is 0 Å². The number of hydrogen-bond donors (Lipinski definition) is 2. The second-order valence-corrected chi connectivity index (χ2v) is 10.8. The molecular weight excluding hydrogens is 247 g/mol. The van der Waals surface area contributed by atoms with E-state index in [1.165, 1.54) is 0 Å². The first kappa shape index (κ1) is 15.4. The van der Waals surface area contributed by atoms with Crippen LogP contribution in [0.1, 0.15) is 20.8 Å². The molecule has 0 aliphatic heterocycles. The predicted octanol–water partition coefficient (Wildman–Crippen LogP) is 0.585. The first-order valence-corrected chi connectivity index (χ1v) is 9.08. The lowest BCUT2D eigenvalue weighted by Crippen LogP contribution is -2.41. The minimum atomic E-state index is -1.71. The molecule has 1 aromatic heterocycles. The highest BCUT2D eigenvalue weighted by Gasteiger charge is 2.36. The van der Waals surface area contributed by atoms with Crippen molar-refractivity contribution in [3.05, 3.63) is 12.3 Å². The van der Waals surface area contributed by atoms with Gasteiger partial charge in [0.05, 0.1) is 18.7 Å². The molecule has 1 heterocycles. The van der Waals surface area contributed by atoms with Gasteiger partial charge in [0.2, 0.25) is 0 Å². The molecule has 1 rings (SSSR count). The van der Waals surface area contributed by atoms with Gasteiger partial charge in [-0.2, -0.15) is 5.10 Å². The van der Waals surface area contributed by atoms with Crippen LogP contribution in [0.15, 0.2) is 12.3 Å². The third-order valence-corrected chi connectivity index (χ3v) is 8.05. The third kappa shape index (κ3) is 3.94. The van der Waals surface area contributed by atoms with Crippen LogP contribution in [0, 0.1) is 0 Å². The molecular formula is C11H23BN2O3Si. The van der Waals surface area contributed by atoms with Crippen LogP contribution in [0.3, 0.4) is 0 Å². The molecule has 0 saturated heterocycles. The van der Waals surface area contributed by atoms with Crippen molar-refractivity contribution >= 4 is 21.0 Å². The lowest BCUT2D eigenvalue weighted by Gasteiger charge is -2.36. The van der Waals surface area contributed by atoms with Crippen molar-refractivity contribution in [1.29, 1.82) is 0 Å². The fourth-order valence-electron chi connectivity index (χ4n) is 1.25. The van der Waals surface area contributed by atoms with Crippen molar-refractivity contribution < 1.29 is 14.5 Å². The third-order valence-electron chi connectivity index (χ3n) is 3.52. The Morgan fingerprint density at radius 3 is 2.44 bits per heavy atom. The number of rotatable bonds is 5. The average molecular weight is 270 g/mol. The number of nitrogens with zero attached hydrogens (tertiary/aromatic N) is 2. The van der Waals surface area contributed by atoms with Crippen LogP contribution in [0.5, 0.6) is 0 Å². The van der Waals surface area contributed by atoms with E-state index in [1.807, 2.05) is 0 Å². The topological polar surface area (TPSA) is 67.5 Å². The van der Waals surface area contributed by atoms with Crippen LogP contribution >= 0.6 is 0 Å². The zero-order chi connectivity index (χ0) is 14.0. The molecule has 0 bridgehead atoms. The van der Waals surface area contributed by atoms with E-state index in [-0.39, 0.29) is 10.6 Å².